The molecule has 0 aliphatic carbocycles. The number of likely N-dealkylation sites (tertiary alicyclic amines) is 1. The quantitative estimate of drug-likeness (QED) is 0.756. The van der Waals surface area contributed by atoms with E-state index >= 15 is 0 Å². The van der Waals surface area contributed by atoms with Crippen molar-refractivity contribution in [1.82, 2.24) is 4.90 Å². The van der Waals surface area contributed by atoms with Gasteiger partial charge in [-0.05, 0) is 49.2 Å². The van der Waals surface area contributed by atoms with Crippen LogP contribution in [0.5, 0.6) is 11.5 Å². The molecule has 2 amide bonds. The number of ether oxygens (including phenoxy) is 2. The average molecular weight is 431 g/mol. The van der Waals surface area contributed by atoms with Gasteiger partial charge in [0.2, 0.25) is 22.7 Å². The van der Waals surface area contributed by atoms with Gasteiger partial charge in [-0.3, -0.25) is 9.59 Å². The van der Waals surface area contributed by atoms with E-state index in [1.807, 2.05) is 0 Å². The molecule has 4 rings (SSSR count). The van der Waals surface area contributed by atoms with Crippen molar-refractivity contribution in [3.05, 3.63) is 48.0 Å². The average Bonchev–Trinajstić information content (AvgIpc) is 3.22. The Bertz CT molecular complexity index is 1080. The van der Waals surface area contributed by atoms with Gasteiger partial charge in [0.25, 0.3) is 5.91 Å². The molecule has 0 unspecified atom stereocenters. The molecule has 0 bridgehead atoms. The van der Waals surface area contributed by atoms with Crippen molar-refractivity contribution in [1.29, 1.82) is 0 Å². The standard InChI is InChI=1S/C20H21N3O6S/c21-30(26,27)15-6-4-14(5-7-15)22-19(24)13-8-10-23(11-9-13)20(25)16-2-1-3-17-18(16)29-12-28-17/h1-7,13H,8-12H2,(H,22,24)(H2,21,26,27). The molecule has 2 aromatic carbocycles. The van der Waals surface area contributed by atoms with E-state index < -0.39 is 10.0 Å². The third-order valence-corrected chi connectivity index (χ3v) is 6.16. The molecule has 0 aromatic heterocycles. The highest BCUT2D eigenvalue weighted by Crippen LogP contribution is 2.36. The SMILES string of the molecule is NS(=O)(=O)c1ccc(NC(=O)C2CCN(C(=O)c3cccc4c3OCO4)CC2)cc1. The number of amides is 2. The summed E-state index contributed by atoms with van der Waals surface area (Å²) in [6, 6.07) is 10.9. The second-order valence-corrected chi connectivity index (χ2v) is 8.73. The van der Waals surface area contributed by atoms with E-state index in [0.29, 0.717) is 48.7 Å². The number of piperidine rings is 1. The summed E-state index contributed by atoms with van der Waals surface area (Å²) in [6.07, 6.45) is 1.05. The number of hydrogen-bond acceptors (Lipinski definition) is 6. The highest BCUT2D eigenvalue weighted by molar-refractivity contribution is 7.89. The predicted octanol–water partition coefficient (Wildman–Crippen LogP) is 1.55. The minimum absolute atomic E-state index is 0.0194. The highest BCUT2D eigenvalue weighted by atomic mass is 32.2. The summed E-state index contributed by atoms with van der Waals surface area (Å²) < 4.78 is 33.4. The summed E-state index contributed by atoms with van der Waals surface area (Å²) in [4.78, 5) is 27.1. The molecule has 0 atom stereocenters. The van der Waals surface area contributed by atoms with Crippen LogP contribution in [0.2, 0.25) is 0 Å². The fourth-order valence-corrected chi connectivity index (χ4v) is 4.10. The Labute approximate surface area is 173 Å². The Morgan fingerprint density at radius 1 is 1.03 bits per heavy atom. The lowest BCUT2D eigenvalue weighted by atomic mass is 9.95. The van der Waals surface area contributed by atoms with Crippen LogP contribution in [0.3, 0.4) is 0 Å². The first kappa shape index (κ1) is 20.2. The van der Waals surface area contributed by atoms with E-state index in [0.717, 1.165) is 0 Å². The molecule has 2 aliphatic heterocycles. The third kappa shape index (κ3) is 4.10. The van der Waals surface area contributed by atoms with E-state index in [9.17, 15) is 18.0 Å². The number of nitrogens with two attached hydrogens (primary N) is 1. The first-order valence-corrected chi connectivity index (χ1v) is 11.0. The fraction of sp³-hybridized carbons (Fsp3) is 0.300. The summed E-state index contributed by atoms with van der Waals surface area (Å²) in [5, 5.41) is 7.86. The molecule has 2 aliphatic rings. The van der Waals surface area contributed by atoms with E-state index in [2.05, 4.69) is 5.32 Å². The number of sulfonamides is 1. The summed E-state index contributed by atoms with van der Waals surface area (Å²) in [5.41, 5.74) is 0.950. The van der Waals surface area contributed by atoms with Crippen molar-refractivity contribution in [2.75, 3.05) is 25.2 Å². The van der Waals surface area contributed by atoms with Gasteiger partial charge in [-0.2, -0.15) is 0 Å². The Balaban J connectivity index is 1.35. The zero-order chi connectivity index (χ0) is 21.3. The third-order valence-electron chi connectivity index (χ3n) is 5.23. The van der Waals surface area contributed by atoms with Crippen molar-refractivity contribution in [2.45, 2.75) is 17.7 Å². The molecule has 158 valence electrons. The maximum atomic E-state index is 12.9. The molecule has 3 N–H and O–H groups in total. The lowest BCUT2D eigenvalue weighted by molar-refractivity contribution is -0.121. The number of carbonyl (C=O) groups is 2. The minimum atomic E-state index is -3.78. The molecule has 0 radical (unpaired) electrons. The van der Waals surface area contributed by atoms with Crippen LogP contribution < -0.4 is 19.9 Å². The fourth-order valence-electron chi connectivity index (χ4n) is 3.59. The van der Waals surface area contributed by atoms with Crippen LogP contribution in [0.1, 0.15) is 23.2 Å². The molecule has 30 heavy (non-hydrogen) atoms. The Kier molecular flexibility index (Phi) is 5.35. The predicted molar refractivity (Wildman–Crippen MR) is 108 cm³/mol. The van der Waals surface area contributed by atoms with E-state index in [1.54, 1.807) is 23.1 Å². The van der Waals surface area contributed by atoms with E-state index in [-0.39, 0.29) is 29.4 Å². The zero-order valence-electron chi connectivity index (χ0n) is 16.0. The van der Waals surface area contributed by atoms with E-state index in [4.69, 9.17) is 14.6 Å². The number of nitrogens with zero attached hydrogens (tertiary/aromatic N) is 1. The molecule has 0 spiro atoms. The van der Waals surface area contributed by atoms with Crippen LogP contribution in [-0.2, 0) is 14.8 Å². The summed E-state index contributed by atoms with van der Waals surface area (Å²) in [6.45, 7) is 0.998. The number of hydrogen-bond donors (Lipinski definition) is 2. The first-order chi connectivity index (χ1) is 14.3. The summed E-state index contributed by atoms with van der Waals surface area (Å²) >= 11 is 0. The number of rotatable bonds is 4. The van der Waals surface area contributed by atoms with Crippen LogP contribution in [0, 0.1) is 5.92 Å². The molecular formula is C20H21N3O6S. The maximum Gasteiger partial charge on any atom is 0.257 e. The number of para-hydroxylation sites is 1. The lowest BCUT2D eigenvalue weighted by Crippen LogP contribution is -2.41. The van der Waals surface area contributed by atoms with Crippen LogP contribution >= 0.6 is 0 Å². The van der Waals surface area contributed by atoms with Gasteiger partial charge in [0.1, 0.15) is 0 Å². The van der Waals surface area contributed by atoms with Crippen LogP contribution in [-0.4, -0.2) is 45.0 Å². The normalized spacial score (nSPS) is 16.4. The Morgan fingerprint density at radius 3 is 2.40 bits per heavy atom. The van der Waals surface area contributed by atoms with Gasteiger partial charge in [-0.15, -0.1) is 0 Å². The summed E-state index contributed by atoms with van der Waals surface area (Å²) in [7, 11) is -3.78. The number of benzene rings is 2. The molecule has 1 saturated heterocycles. The first-order valence-electron chi connectivity index (χ1n) is 9.44. The smallest absolute Gasteiger partial charge is 0.257 e. The van der Waals surface area contributed by atoms with Crippen molar-refractivity contribution in [2.24, 2.45) is 11.1 Å². The molecule has 10 heteroatoms. The zero-order valence-corrected chi connectivity index (χ0v) is 16.9. The van der Waals surface area contributed by atoms with Gasteiger partial charge in [0, 0.05) is 24.7 Å². The van der Waals surface area contributed by atoms with Crippen molar-refractivity contribution in [3.63, 3.8) is 0 Å². The van der Waals surface area contributed by atoms with Gasteiger partial charge >= 0.3 is 0 Å². The second kappa shape index (κ2) is 7.96. The second-order valence-electron chi connectivity index (χ2n) is 7.16. The van der Waals surface area contributed by atoms with Gasteiger partial charge in [0.15, 0.2) is 11.5 Å². The maximum absolute atomic E-state index is 12.9. The Hall–Kier alpha value is -3.11. The topological polar surface area (TPSA) is 128 Å². The molecule has 2 heterocycles. The van der Waals surface area contributed by atoms with Gasteiger partial charge < -0.3 is 19.7 Å². The van der Waals surface area contributed by atoms with Crippen molar-refractivity contribution >= 4 is 27.5 Å². The van der Waals surface area contributed by atoms with Gasteiger partial charge in [-0.25, -0.2) is 13.6 Å². The number of fused-ring (bicyclic) bond motifs is 1. The molecule has 9 nitrogen and oxygen atoms in total. The molecule has 2 aromatic rings. The lowest BCUT2D eigenvalue weighted by Gasteiger charge is -2.31. The van der Waals surface area contributed by atoms with Crippen LogP contribution in [0.4, 0.5) is 5.69 Å². The molecule has 0 saturated carbocycles. The number of nitrogens with one attached hydrogen (secondary N) is 1. The van der Waals surface area contributed by atoms with Gasteiger partial charge in [0.05, 0.1) is 10.5 Å². The van der Waals surface area contributed by atoms with Crippen LogP contribution in [0.15, 0.2) is 47.4 Å². The van der Waals surface area contributed by atoms with Crippen LogP contribution in [0.25, 0.3) is 0 Å². The Morgan fingerprint density at radius 2 is 1.73 bits per heavy atom. The number of primary sulfonamides is 1. The van der Waals surface area contributed by atoms with Crippen molar-refractivity contribution < 1.29 is 27.5 Å². The van der Waals surface area contributed by atoms with Crippen molar-refractivity contribution in [3.8, 4) is 11.5 Å². The molecular weight excluding hydrogens is 410 g/mol. The summed E-state index contributed by atoms with van der Waals surface area (Å²) in [5.74, 6) is 0.472. The largest absolute Gasteiger partial charge is 0.454 e. The highest BCUT2D eigenvalue weighted by Gasteiger charge is 2.30. The molecule has 1 fully saturated rings. The minimum Gasteiger partial charge on any atom is -0.454 e. The monoisotopic (exact) mass is 431 g/mol. The van der Waals surface area contributed by atoms with Gasteiger partial charge in [-0.1, -0.05) is 6.07 Å². The number of anilines is 1. The number of carbonyl (C=O) groups excluding carboxylic acids is 2. The van der Waals surface area contributed by atoms with E-state index in [1.165, 1.54) is 24.3 Å².